The quantitative estimate of drug-likeness (QED) is 0.755. The Morgan fingerprint density at radius 3 is 2.80 bits per heavy atom. The van der Waals surface area contributed by atoms with Gasteiger partial charge < -0.3 is 5.32 Å². The first-order chi connectivity index (χ1) is 7.33. The van der Waals surface area contributed by atoms with E-state index in [4.69, 9.17) is 0 Å². The standard InChI is InChI=1S/C13H13NO/c1-10-6-7-11-4-2-3-5-12(11)13(10)8-14-9-15/h2-7,9H,8H2,1H3,(H,14,15). The molecule has 2 rings (SSSR count). The second-order valence-corrected chi connectivity index (χ2v) is 3.58. The van der Waals surface area contributed by atoms with Crippen molar-refractivity contribution in [2.75, 3.05) is 0 Å². The maximum atomic E-state index is 10.3. The molecule has 0 saturated heterocycles. The fourth-order valence-electron chi connectivity index (χ4n) is 1.82. The lowest BCUT2D eigenvalue weighted by Crippen LogP contribution is -2.11. The van der Waals surface area contributed by atoms with Crippen LogP contribution >= 0.6 is 0 Å². The van der Waals surface area contributed by atoms with Gasteiger partial charge in [-0.3, -0.25) is 4.79 Å². The van der Waals surface area contributed by atoms with Crippen molar-refractivity contribution in [1.29, 1.82) is 0 Å². The molecule has 2 aromatic rings. The van der Waals surface area contributed by atoms with E-state index in [1.54, 1.807) is 0 Å². The Kier molecular flexibility index (Phi) is 2.68. The van der Waals surface area contributed by atoms with Gasteiger partial charge >= 0.3 is 0 Å². The summed E-state index contributed by atoms with van der Waals surface area (Å²) in [6.07, 6.45) is 0.737. The fraction of sp³-hybridized carbons (Fsp3) is 0.154. The Hall–Kier alpha value is -1.83. The molecule has 15 heavy (non-hydrogen) atoms. The van der Waals surface area contributed by atoms with Crippen molar-refractivity contribution in [3.05, 3.63) is 47.5 Å². The molecule has 0 fully saturated rings. The fourth-order valence-corrected chi connectivity index (χ4v) is 1.82. The second kappa shape index (κ2) is 4.13. The van der Waals surface area contributed by atoms with Gasteiger partial charge in [-0.2, -0.15) is 0 Å². The summed E-state index contributed by atoms with van der Waals surface area (Å²) >= 11 is 0. The van der Waals surface area contributed by atoms with Gasteiger partial charge in [-0.15, -0.1) is 0 Å². The third kappa shape index (κ3) is 1.84. The Morgan fingerprint density at radius 1 is 1.20 bits per heavy atom. The largest absolute Gasteiger partial charge is 0.355 e. The first-order valence-corrected chi connectivity index (χ1v) is 4.97. The maximum Gasteiger partial charge on any atom is 0.207 e. The molecule has 0 heterocycles. The minimum absolute atomic E-state index is 0.594. The minimum atomic E-state index is 0.594. The van der Waals surface area contributed by atoms with E-state index < -0.39 is 0 Å². The SMILES string of the molecule is Cc1ccc2ccccc2c1CNC=O. The van der Waals surface area contributed by atoms with Crippen LogP contribution in [0.25, 0.3) is 10.8 Å². The van der Waals surface area contributed by atoms with Gasteiger partial charge in [0.15, 0.2) is 0 Å². The average molecular weight is 199 g/mol. The summed E-state index contributed by atoms with van der Waals surface area (Å²) in [6, 6.07) is 12.4. The highest BCUT2D eigenvalue weighted by atomic mass is 16.1. The number of carbonyl (C=O) groups excluding carboxylic acids is 1. The van der Waals surface area contributed by atoms with Crippen LogP contribution in [0.1, 0.15) is 11.1 Å². The first kappa shape index (κ1) is 9.71. The van der Waals surface area contributed by atoms with Gasteiger partial charge in [0.25, 0.3) is 0 Å². The van der Waals surface area contributed by atoms with Crippen molar-refractivity contribution < 1.29 is 4.79 Å². The molecule has 0 aliphatic carbocycles. The predicted molar refractivity (Wildman–Crippen MR) is 61.6 cm³/mol. The summed E-state index contributed by atoms with van der Waals surface area (Å²) in [5, 5.41) is 5.15. The van der Waals surface area contributed by atoms with E-state index >= 15 is 0 Å². The summed E-state index contributed by atoms with van der Waals surface area (Å²) in [4.78, 5) is 10.3. The van der Waals surface area contributed by atoms with Crippen LogP contribution in [0.3, 0.4) is 0 Å². The lowest BCUT2D eigenvalue weighted by atomic mass is 10.00. The highest BCUT2D eigenvalue weighted by Gasteiger charge is 2.02. The van der Waals surface area contributed by atoms with E-state index in [-0.39, 0.29) is 0 Å². The number of benzene rings is 2. The third-order valence-electron chi connectivity index (χ3n) is 2.64. The number of fused-ring (bicyclic) bond motifs is 1. The van der Waals surface area contributed by atoms with Crippen molar-refractivity contribution in [2.45, 2.75) is 13.5 Å². The molecular formula is C13H13NO. The van der Waals surface area contributed by atoms with Crippen LogP contribution in [0.5, 0.6) is 0 Å². The normalized spacial score (nSPS) is 10.2. The molecule has 0 saturated carbocycles. The zero-order valence-electron chi connectivity index (χ0n) is 8.66. The lowest BCUT2D eigenvalue weighted by Gasteiger charge is -2.09. The van der Waals surface area contributed by atoms with Crippen LogP contribution in [0.2, 0.25) is 0 Å². The van der Waals surface area contributed by atoms with Crippen molar-refractivity contribution >= 4 is 17.2 Å². The molecule has 0 bridgehead atoms. The Labute approximate surface area is 88.9 Å². The first-order valence-electron chi connectivity index (χ1n) is 4.97. The van der Waals surface area contributed by atoms with Crippen molar-refractivity contribution in [1.82, 2.24) is 5.32 Å². The topological polar surface area (TPSA) is 29.1 Å². The zero-order valence-corrected chi connectivity index (χ0v) is 8.66. The van der Waals surface area contributed by atoms with E-state index in [1.165, 1.54) is 21.9 Å². The Morgan fingerprint density at radius 2 is 2.00 bits per heavy atom. The summed E-state index contributed by atoms with van der Waals surface area (Å²) in [7, 11) is 0. The van der Waals surface area contributed by atoms with E-state index in [9.17, 15) is 4.79 Å². The Bertz CT molecular complexity index is 491. The number of carbonyl (C=O) groups is 1. The number of rotatable bonds is 3. The van der Waals surface area contributed by atoms with Gasteiger partial charge in [0.2, 0.25) is 6.41 Å². The van der Waals surface area contributed by atoms with Gasteiger partial charge in [-0.1, -0.05) is 36.4 Å². The summed E-state index contributed by atoms with van der Waals surface area (Å²) in [5.41, 5.74) is 2.41. The lowest BCUT2D eigenvalue weighted by molar-refractivity contribution is -0.109. The van der Waals surface area contributed by atoms with Gasteiger partial charge in [-0.25, -0.2) is 0 Å². The van der Waals surface area contributed by atoms with Gasteiger partial charge in [-0.05, 0) is 28.8 Å². The molecule has 76 valence electrons. The van der Waals surface area contributed by atoms with Crippen LogP contribution < -0.4 is 5.32 Å². The molecule has 0 aliphatic heterocycles. The highest BCUT2D eigenvalue weighted by Crippen LogP contribution is 2.21. The molecule has 0 radical (unpaired) electrons. The number of hydrogen-bond donors (Lipinski definition) is 1. The average Bonchev–Trinajstić information content (AvgIpc) is 2.28. The maximum absolute atomic E-state index is 10.3. The zero-order chi connectivity index (χ0) is 10.7. The van der Waals surface area contributed by atoms with Gasteiger partial charge in [0, 0.05) is 6.54 Å². The predicted octanol–water partition coefficient (Wildman–Crippen LogP) is 2.39. The third-order valence-corrected chi connectivity index (χ3v) is 2.64. The van der Waals surface area contributed by atoms with Crippen molar-refractivity contribution in [3.63, 3.8) is 0 Å². The van der Waals surface area contributed by atoms with E-state index in [0.717, 1.165) is 6.41 Å². The van der Waals surface area contributed by atoms with Crippen LogP contribution in [-0.2, 0) is 11.3 Å². The summed E-state index contributed by atoms with van der Waals surface area (Å²) in [6.45, 7) is 2.66. The van der Waals surface area contributed by atoms with E-state index in [0.29, 0.717) is 6.54 Å². The molecule has 2 aromatic carbocycles. The van der Waals surface area contributed by atoms with Crippen molar-refractivity contribution in [2.24, 2.45) is 0 Å². The molecule has 1 amide bonds. The van der Waals surface area contributed by atoms with Gasteiger partial charge in [0.05, 0.1) is 0 Å². The smallest absolute Gasteiger partial charge is 0.207 e. The number of aryl methyl sites for hydroxylation is 1. The highest BCUT2D eigenvalue weighted by molar-refractivity contribution is 5.86. The number of hydrogen-bond acceptors (Lipinski definition) is 1. The van der Waals surface area contributed by atoms with E-state index in [2.05, 4.69) is 36.5 Å². The molecule has 0 aliphatic rings. The van der Waals surface area contributed by atoms with Crippen LogP contribution in [0, 0.1) is 6.92 Å². The van der Waals surface area contributed by atoms with E-state index in [1.807, 2.05) is 12.1 Å². The molecule has 0 aromatic heterocycles. The van der Waals surface area contributed by atoms with Crippen LogP contribution in [0.15, 0.2) is 36.4 Å². The monoisotopic (exact) mass is 199 g/mol. The molecule has 1 N–H and O–H groups in total. The van der Waals surface area contributed by atoms with Crippen molar-refractivity contribution in [3.8, 4) is 0 Å². The van der Waals surface area contributed by atoms with Gasteiger partial charge in [0.1, 0.15) is 0 Å². The number of amides is 1. The van der Waals surface area contributed by atoms with Crippen LogP contribution in [-0.4, -0.2) is 6.41 Å². The Balaban J connectivity index is 2.57. The molecule has 0 unspecified atom stereocenters. The molecule has 0 spiro atoms. The molecular weight excluding hydrogens is 186 g/mol. The molecule has 2 heteroatoms. The van der Waals surface area contributed by atoms with Crippen LogP contribution in [0.4, 0.5) is 0 Å². The molecule has 0 atom stereocenters. The summed E-state index contributed by atoms with van der Waals surface area (Å²) in [5.74, 6) is 0. The molecule has 2 nitrogen and oxygen atoms in total. The number of nitrogens with one attached hydrogen (secondary N) is 1. The summed E-state index contributed by atoms with van der Waals surface area (Å²) < 4.78 is 0. The second-order valence-electron chi connectivity index (χ2n) is 3.58. The minimum Gasteiger partial charge on any atom is -0.355 e.